The summed E-state index contributed by atoms with van der Waals surface area (Å²) in [6.07, 6.45) is 10.3. The summed E-state index contributed by atoms with van der Waals surface area (Å²) in [5, 5.41) is 5.31. The Morgan fingerprint density at radius 3 is 1.38 bits per heavy atom. The lowest BCUT2D eigenvalue weighted by Crippen LogP contribution is -2.36. The van der Waals surface area contributed by atoms with Crippen LogP contribution in [0.2, 0.25) is 0 Å². The second-order valence-electron chi connectivity index (χ2n) is 14.7. The maximum absolute atomic E-state index is 2.58. The summed E-state index contributed by atoms with van der Waals surface area (Å²) in [6.45, 7) is 2.31. The summed E-state index contributed by atoms with van der Waals surface area (Å²) >= 11 is 0. The molecule has 0 spiro atoms. The van der Waals surface area contributed by atoms with Gasteiger partial charge in [-0.3, -0.25) is 0 Å². The van der Waals surface area contributed by atoms with Crippen molar-refractivity contribution in [3.8, 4) is 66.8 Å². The summed E-state index contributed by atoms with van der Waals surface area (Å²) < 4.78 is 0. The number of hydrogen-bond donors (Lipinski definition) is 0. The van der Waals surface area contributed by atoms with Crippen molar-refractivity contribution in [2.45, 2.75) is 19.4 Å². The Balaban J connectivity index is 1.19. The molecule has 1 nitrogen and oxygen atoms in total. The molecule has 3 aliphatic carbocycles. The Labute approximate surface area is 310 Å². The molecule has 1 heteroatoms. The van der Waals surface area contributed by atoms with Crippen LogP contribution in [0.1, 0.15) is 13.3 Å². The van der Waals surface area contributed by atoms with E-state index in [9.17, 15) is 0 Å². The van der Waals surface area contributed by atoms with Crippen molar-refractivity contribution in [2.24, 2.45) is 5.92 Å². The first kappa shape index (κ1) is 30.2. The van der Waals surface area contributed by atoms with Gasteiger partial charge in [-0.2, -0.15) is 0 Å². The van der Waals surface area contributed by atoms with Crippen LogP contribution >= 0.6 is 0 Å². The van der Waals surface area contributed by atoms with Crippen LogP contribution in [-0.2, 0) is 0 Å². The highest BCUT2D eigenvalue weighted by Crippen LogP contribution is 2.52. The minimum atomic E-state index is 0.181. The molecule has 0 aliphatic heterocycles. The average Bonchev–Trinajstić information content (AvgIpc) is 3.73. The molecule has 3 aliphatic rings. The molecule has 0 amide bonds. The number of fused-ring (bicyclic) bond motifs is 6. The van der Waals surface area contributed by atoms with Crippen molar-refractivity contribution < 1.29 is 0 Å². The molecule has 250 valence electrons. The van der Waals surface area contributed by atoms with E-state index in [0.29, 0.717) is 5.92 Å². The first-order valence-corrected chi connectivity index (χ1v) is 18.9. The highest BCUT2D eigenvalue weighted by atomic mass is 15.2. The second kappa shape index (κ2) is 11.8. The van der Waals surface area contributed by atoms with Crippen LogP contribution in [0.25, 0.3) is 88.3 Å². The summed E-state index contributed by atoms with van der Waals surface area (Å²) in [4.78, 5) is 2.58. The maximum Gasteiger partial charge on any atom is 0.0587 e. The zero-order chi connectivity index (χ0) is 35.0. The van der Waals surface area contributed by atoms with Gasteiger partial charge in [-0.05, 0) is 125 Å². The molecule has 0 aromatic heterocycles. The van der Waals surface area contributed by atoms with Crippen LogP contribution in [0.15, 0.2) is 182 Å². The Bertz CT molecular complexity index is 2630. The summed E-state index contributed by atoms with van der Waals surface area (Å²) in [5.74, 6) is 0.387. The molecular formula is C52H37N. The first-order chi connectivity index (χ1) is 26.3. The maximum atomic E-state index is 2.58. The Morgan fingerprint density at radius 1 is 0.396 bits per heavy atom. The minimum Gasteiger partial charge on any atom is -0.334 e. The number of allylic oxidation sites excluding steroid dienone is 2. The Hall–Kier alpha value is -6.44. The Kier molecular flexibility index (Phi) is 6.73. The van der Waals surface area contributed by atoms with E-state index in [1.165, 1.54) is 99.7 Å². The topological polar surface area (TPSA) is 3.24 Å². The largest absolute Gasteiger partial charge is 0.334 e. The van der Waals surface area contributed by atoms with E-state index in [0.717, 1.165) is 6.42 Å². The van der Waals surface area contributed by atoms with Gasteiger partial charge in [0.15, 0.2) is 0 Å². The van der Waals surface area contributed by atoms with Gasteiger partial charge in [-0.25, -0.2) is 0 Å². The van der Waals surface area contributed by atoms with Gasteiger partial charge in [0.25, 0.3) is 0 Å². The predicted octanol–water partition coefficient (Wildman–Crippen LogP) is 14.3. The fourth-order valence-corrected chi connectivity index (χ4v) is 9.56. The van der Waals surface area contributed by atoms with Gasteiger partial charge >= 0.3 is 0 Å². The van der Waals surface area contributed by atoms with Crippen molar-refractivity contribution in [1.82, 2.24) is 0 Å². The molecule has 0 N–H and O–H groups in total. The van der Waals surface area contributed by atoms with Gasteiger partial charge in [0.05, 0.1) is 6.04 Å². The quantitative estimate of drug-likeness (QED) is 0.170. The van der Waals surface area contributed by atoms with E-state index in [-0.39, 0.29) is 6.04 Å². The van der Waals surface area contributed by atoms with Crippen molar-refractivity contribution >= 4 is 32.9 Å². The fourth-order valence-electron chi connectivity index (χ4n) is 9.56. The van der Waals surface area contributed by atoms with Gasteiger partial charge in [0.1, 0.15) is 0 Å². The first-order valence-electron chi connectivity index (χ1n) is 18.9. The van der Waals surface area contributed by atoms with E-state index in [1.807, 2.05) is 0 Å². The number of para-hydroxylation sites is 1. The van der Waals surface area contributed by atoms with Crippen LogP contribution < -0.4 is 4.90 Å². The smallest absolute Gasteiger partial charge is 0.0587 e. The van der Waals surface area contributed by atoms with Gasteiger partial charge in [-0.15, -0.1) is 0 Å². The zero-order valence-electron chi connectivity index (χ0n) is 29.6. The van der Waals surface area contributed by atoms with E-state index in [2.05, 4.69) is 194 Å². The molecule has 2 unspecified atom stereocenters. The number of nitrogens with zero attached hydrogens (tertiary/aromatic N) is 1. The lowest BCUT2D eigenvalue weighted by molar-refractivity contribution is 0.543. The van der Waals surface area contributed by atoms with Crippen LogP contribution in [0.3, 0.4) is 0 Å². The van der Waals surface area contributed by atoms with Gasteiger partial charge in [0.2, 0.25) is 0 Å². The molecular weight excluding hydrogens is 639 g/mol. The molecule has 53 heavy (non-hydrogen) atoms. The van der Waals surface area contributed by atoms with Gasteiger partial charge in [-0.1, -0.05) is 159 Å². The monoisotopic (exact) mass is 675 g/mol. The SMILES string of the molecule is CCC1C=CC=CC1N(c1ccccc1)c1cc(-c2ccc3c4c(cccc24)-c2ccccc2-3)cc(-c2ccc3c4c(cccc24)-c2ccccc2-3)c1. The third-order valence-electron chi connectivity index (χ3n) is 11.9. The molecule has 0 saturated carbocycles. The normalized spacial score (nSPS) is 15.9. The number of hydrogen-bond acceptors (Lipinski definition) is 1. The third kappa shape index (κ3) is 4.50. The summed E-state index contributed by atoms with van der Waals surface area (Å²) in [5.41, 5.74) is 18.0. The molecule has 0 radical (unpaired) electrons. The van der Waals surface area contributed by atoms with E-state index >= 15 is 0 Å². The molecule has 8 aromatic rings. The summed E-state index contributed by atoms with van der Waals surface area (Å²) in [7, 11) is 0. The van der Waals surface area contributed by atoms with Crippen molar-refractivity contribution in [3.05, 3.63) is 182 Å². The molecule has 0 saturated heterocycles. The predicted molar refractivity (Wildman–Crippen MR) is 226 cm³/mol. The van der Waals surface area contributed by atoms with Crippen LogP contribution in [0.4, 0.5) is 11.4 Å². The minimum absolute atomic E-state index is 0.181. The second-order valence-corrected chi connectivity index (χ2v) is 14.7. The van der Waals surface area contributed by atoms with Crippen molar-refractivity contribution in [2.75, 3.05) is 4.90 Å². The Morgan fingerprint density at radius 2 is 0.849 bits per heavy atom. The molecule has 2 atom stereocenters. The van der Waals surface area contributed by atoms with Crippen LogP contribution in [-0.4, -0.2) is 6.04 Å². The number of anilines is 2. The fraction of sp³-hybridized carbons (Fsp3) is 0.0769. The van der Waals surface area contributed by atoms with Crippen molar-refractivity contribution in [1.29, 1.82) is 0 Å². The van der Waals surface area contributed by atoms with E-state index in [4.69, 9.17) is 0 Å². The molecule has 0 bridgehead atoms. The number of rotatable bonds is 6. The van der Waals surface area contributed by atoms with Gasteiger partial charge < -0.3 is 4.90 Å². The number of benzene rings is 8. The zero-order valence-corrected chi connectivity index (χ0v) is 29.6. The molecule has 8 aromatic carbocycles. The lowest BCUT2D eigenvalue weighted by atomic mass is 9.88. The third-order valence-corrected chi connectivity index (χ3v) is 11.9. The molecule has 11 rings (SSSR count). The summed E-state index contributed by atoms with van der Waals surface area (Å²) in [6, 6.07) is 59.3. The van der Waals surface area contributed by atoms with E-state index in [1.54, 1.807) is 0 Å². The van der Waals surface area contributed by atoms with Gasteiger partial charge in [0, 0.05) is 17.3 Å². The molecule has 0 heterocycles. The van der Waals surface area contributed by atoms with Crippen molar-refractivity contribution in [3.63, 3.8) is 0 Å². The molecule has 0 fully saturated rings. The lowest BCUT2D eigenvalue weighted by Gasteiger charge is -2.37. The highest BCUT2D eigenvalue weighted by molar-refractivity contribution is 6.20. The highest BCUT2D eigenvalue weighted by Gasteiger charge is 2.29. The standard InChI is InChI=1S/C52H37N/c1-2-33-14-6-11-25-50(33)53(36-15-4-3-5-16-36)37-31-34(38-26-28-48-42-19-9-7-17-40(42)46-23-12-21-44(38)51(46)48)30-35(32-37)39-27-29-49-43-20-10-8-18-41(43)47-24-13-22-45(39)52(47)49/h3-33,50H,2H2,1H3. The van der Waals surface area contributed by atoms with Crippen LogP contribution in [0.5, 0.6) is 0 Å². The van der Waals surface area contributed by atoms with E-state index < -0.39 is 0 Å². The average molecular weight is 676 g/mol. The van der Waals surface area contributed by atoms with Crippen LogP contribution in [0, 0.1) is 5.92 Å².